The first-order chi connectivity index (χ1) is 9.98. The van der Waals surface area contributed by atoms with E-state index in [1.54, 1.807) is 24.3 Å². The number of carbonyl (C=O) groups is 2. The van der Waals surface area contributed by atoms with E-state index in [1.807, 2.05) is 20.8 Å². The molecule has 0 atom stereocenters. The van der Waals surface area contributed by atoms with Gasteiger partial charge in [0.15, 0.2) is 0 Å². The molecule has 0 aromatic heterocycles. The van der Waals surface area contributed by atoms with Crippen LogP contribution in [0.1, 0.15) is 37.6 Å². The molecule has 6 nitrogen and oxygen atoms in total. The van der Waals surface area contributed by atoms with E-state index in [0.717, 1.165) is 6.26 Å². The van der Waals surface area contributed by atoms with Crippen molar-refractivity contribution < 1.29 is 18.0 Å². The first kappa shape index (κ1) is 18.2. The van der Waals surface area contributed by atoms with Crippen molar-refractivity contribution in [3.8, 4) is 0 Å². The van der Waals surface area contributed by atoms with Gasteiger partial charge in [0.1, 0.15) is 9.84 Å². The van der Waals surface area contributed by atoms with Crippen LogP contribution >= 0.6 is 0 Å². The number of amides is 2. The molecule has 2 N–H and O–H groups in total. The third-order valence-electron chi connectivity index (χ3n) is 2.63. The minimum absolute atomic E-state index is 0.145. The lowest BCUT2D eigenvalue weighted by molar-refractivity contribution is -0.115. The van der Waals surface area contributed by atoms with Crippen molar-refractivity contribution in [1.29, 1.82) is 0 Å². The van der Waals surface area contributed by atoms with Crippen LogP contribution in [0.25, 0.3) is 0 Å². The van der Waals surface area contributed by atoms with Crippen LogP contribution in [-0.2, 0) is 14.6 Å². The molecule has 22 heavy (non-hydrogen) atoms. The summed E-state index contributed by atoms with van der Waals surface area (Å²) in [5.41, 5.74) is 0.303. The Bertz CT molecular complexity index is 660. The maximum atomic E-state index is 12.2. The molecule has 1 aromatic rings. The number of benzene rings is 1. The van der Waals surface area contributed by atoms with E-state index in [-0.39, 0.29) is 18.1 Å². The molecule has 0 aliphatic carbocycles. The zero-order valence-corrected chi connectivity index (χ0v) is 14.1. The number of hydrogen-bond donors (Lipinski definition) is 2. The maximum Gasteiger partial charge on any atom is 0.253 e. The predicted molar refractivity (Wildman–Crippen MR) is 86.6 cm³/mol. The van der Waals surface area contributed by atoms with Gasteiger partial charge >= 0.3 is 0 Å². The molecule has 0 saturated carbocycles. The largest absolute Gasteiger partial charge is 0.347 e. The Morgan fingerprint density at radius 3 is 2.27 bits per heavy atom. The smallest absolute Gasteiger partial charge is 0.253 e. The van der Waals surface area contributed by atoms with Crippen molar-refractivity contribution in [1.82, 2.24) is 5.32 Å². The van der Waals surface area contributed by atoms with Gasteiger partial charge in [-0.1, -0.05) is 12.1 Å². The van der Waals surface area contributed by atoms with E-state index in [2.05, 4.69) is 10.6 Å². The summed E-state index contributed by atoms with van der Waals surface area (Å²) in [7, 11) is -3.20. The molecule has 2 amide bonds. The highest BCUT2D eigenvalue weighted by Gasteiger charge is 2.18. The van der Waals surface area contributed by atoms with Crippen LogP contribution in [0.4, 0.5) is 5.69 Å². The van der Waals surface area contributed by atoms with Gasteiger partial charge < -0.3 is 10.6 Å². The zero-order chi connectivity index (χ0) is 17.0. The molecule has 0 radical (unpaired) electrons. The zero-order valence-electron chi connectivity index (χ0n) is 13.3. The van der Waals surface area contributed by atoms with Gasteiger partial charge in [-0.05, 0) is 32.9 Å². The summed E-state index contributed by atoms with van der Waals surface area (Å²) in [6.07, 6.45) is 0.930. The second kappa shape index (κ2) is 6.91. The van der Waals surface area contributed by atoms with Crippen LogP contribution in [-0.4, -0.2) is 37.8 Å². The molecule has 0 bridgehead atoms. The summed E-state index contributed by atoms with van der Waals surface area (Å²) in [5.74, 6) is -0.970. The van der Waals surface area contributed by atoms with E-state index in [9.17, 15) is 18.0 Å². The number of sulfone groups is 1. The highest BCUT2D eigenvalue weighted by molar-refractivity contribution is 7.90. The Morgan fingerprint density at radius 2 is 1.73 bits per heavy atom. The maximum absolute atomic E-state index is 12.2. The van der Waals surface area contributed by atoms with Gasteiger partial charge in [-0.2, -0.15) is 0 Å². The van der Waals surface area contributed by atoms with Crippen molar-refractivity contribution in [2.45, 2.75) is 32.7 Å². The van der Waals surface area contributed by atoms with Crippen molar-refractivity contribution >= 4 is 27.3 Å². The number of rotatable bonds is 5. The first-order valence-corrected chi connectivity index (χ1v) is 8.93. The van der Waals surface area contributed by atoms with E-state index in [0.29, 0.717) is 11.3 Å². The number of para-hydroxylation sites is 1. The summed E-state index contributed by atoms with van der Waals surface area (Å²) >= 11 is 0. The quantitative estimate of drug-likeness (QED) is 0.859. The van der Waals surface area contributed by atoms with Gasteiger partial charge in [-0.3, -0.25) is 9.59 Å². The number of anilines is 1. The Hall–Kier alpha value is -1.89. The standard InChI is InChI=1S/C15H22N2O4S/c1-15(2,3)17-14(19)11-7-5-6-8-12(11)16-13(18)9-10-22(4,20)21/h5-8H,9-10H2,1-4H3,(H,16,18)(H,17,19). The van der Waals surface area contributed by atoms with E-state index < -0.39 is 21.3 Å². The third kappa shape index (κ3) is 6.71. The first-order valence-electron chi connectivity index (χ1n) is 6.87. The number of hydrogen-bond acceptors (Lipinski definition) is 4. The molecule has 0 heterocycles. The summed E-state index contributed by atoms with van der Waals surface area (Å²) < 4.78 is 22.2. The second-order valence-corrected chi connectivity index (χ2v) is 8.44. The molecule has 0 aliphatic rings. The molecular weight excluding hydrogens is 304 g/mol. The molecule has 0 unspecified atom stereocenters. The normalized spacial score (nSPS) is 11.8. The van der Waals surface area contributed by atoms with Gasteiger partial charge in [-0.15, -0.1) is 0 Å². The van der Waals surface area contributed by atoms with Gasteiger partial charge in [0, 0.05) is 18.2 Å². The monoisotopic (exact) mass is 326 g/mol. The SMILES string of the molecule is CC(C)(C)NC(=O)c1ccccc1NC(=O)CCS(C)(=O)=O. The third-order valence-corrected chi connectivity index (χ3v) is 3.58. The van der Waals surface area contributed by atoms with E-state index >= 15 is 0 Å². The Labute approximate surface area is 131 Å². The molecule has 7 heteroatoms. The number of carbonyl (C=O) groups excluding carboxylic acids is 2. The van der Waals surface area contributed by atoms with Gasteiger partial charge in [0.05, 0.1) is 17.0 Å². The number of nitrogens with one attached hydrogen (secondary N) is 2. The molecule has 0 spiro atoms. The lowest BCUT2D eigenvalue weighted by atomic mass is 10.1. The second-order valence-electron chi connectivity index (χ2n) is 6.18. The van der Waals surface area contributed by atoms with Crippen LogP contribution < -0.4 is 10.6 Å². The Morgan fingerprint density at radius 1 is 1.14 bits per heavy atom. The fourth-order valence-electron chi connectivity index (χ4n) is 1.69. The summed E-state index contributed by atoms with van der Waals surface area (Å²) in [5, 5.41) is 5.40. The lowest BCUT2D eigenvalue weighted by Gasteiger charge is -2.21. The van der Waals surface area contributed by atoms with Crippen molar-refractivity contribution in [3.63, 3.8) is 0 Å². The van der Waals surface area contributed by atoms with Crippen LogP contribution in [0.2, 0.25) is 0 Å². The average Bonchev–Trinajstić information content (AvgIpc) is 2.34. The fourth-order valence-corrected chi connectivity index (χ4v) is 2.25. The van der Waals surface area contributed by atoms with Crippen molar-refractivity contribution in [3.05, 3.63) is 29.8 Å². The summed E-state index contributed by atoms with van der Waals surface area (Å²) in [6.45, 7) is 5.58. The minimum atomic E-state index is -3.20. The molecular formula is C15H22N2O4S. The molecule has 1 rings (SSSR count). The summed E-state index contributed by atoms with van der Waals surface area (Å²) in [4.78, 5) is 24.0. The molecule has 1 aromatic carbocycles. The van der Waals surface area contributed by atoms with Gasteiger partial charge in [0.25, 0.3) is 5.91 Å². The van der Waals surface area contributed by atoms with Crippen molar-refractivity contribution in [2.75, 3.05) is 17.3 Å². The molecule has 122 valence electrons. The van der Waals surface area contributed by atoms with Crippen LogP contribution in [0, 0.1) is 0 Å². The van der Waals surface area contributed by atoms with Crippen LogP contribution in [0.15, 0.2) is 24.3 Å². The summed E-state index contributed by atoms with van der Waals surface area (Å²) in [6, 6.07) is 6.60. The highest BCUT2D eigenvalue weighted by atomic mass is 32.2. The Balaban J connectivity index is 2.84. The molecule has 0 saturated heterocycles. The average molecular weight is 326 g/mol. The molecule has 0 aliphatic heterocycles. The van der Waals surface area contributed by atoms with Crippen LogP contribution in [0.5, 0.6) is 0 Å². The topological polar surface area (TPSA) is 92.3 Å². The predicted octanol–water partition coefficient (Wildman–Crippen LogP) is 1.59. The lowest BCUT2D eigenvalue weighted by Crippen LogP contribution is -2.40. The Kier molecular flexibility index (Phi) is 5.71. The fraction of sp³-hybridized carbons (Fsp3) is 0.467. The van der Waals surface area contributed by atoms with E-state index in [1.165, 1.54) is 0 Å². The molecule has 0 fully saturated rings. The van der Waals surface area contributed by atoms with Crippen LogP contribution in [0.3, 0.4) is 0 Å². The van der Waals surface area contributed by atoms with Gasteiger partial charge in [0.2, 0.25) is 5.91 Å². The van der Waals surface area contributed by atoms with Gasteiger partial charge in [-0.25, -0.2) is 8.42 Å². The van der Waals surface area contributed by atoms with E-state index in [4.69, 9.17) is 0 Å². The highest BCUT2D eigenvalue weighted by Crippen LogP contribution is 2.16. The minimum Gasteiger partial charge on any atom is -0.347 e. The van der Waals surface area contributed by atoms with Crippen molar-refractivity contribution in [2.24, 2.45) is 0 Å².